The summed E-state index contributed by atoms with van der Waals surface area (Å²) in [5, 5.41) is 2.93. The zero-order valence-corrected chi connectivity index (χ0v) is 14.1. The minimum atomic E-state index is -0.482. The highest BCUT2D eigenvalue weighted by molar-refractivity contribution is 5.94. The van der Waals surface area contributed by atoms with E-state index < -0.39 is 5.82 Å². The van der Waals surface area contributed by atoms with Gasteiger partial charge in [-0.25, -0.2) is 14.4 Å². The van der Waals surface area contributed by atoms with Gasteiger partial charge in [0, 0.05) is 37.6 Å². The van der Waals surface area contributed by atoms with Crippen LogP contribution in [0.2, 0.25) is 0 Å². The minimum Gasteiger partial charge on any atom is -0.494 e. The molecule has 3 rings (SSSR count). The maximum Gasteiger partial charge on any atom is 0.251 e. The van der Waals surface area contributed by atoms with Crippen molar-refractivity contribution in [3.63, 3.8) is 0 Å². The van der Waals surface area contributed by atoms with Gasteiger partial charge >= 0.3 is 0 Å². The fourth-order valence-electron chi connectivity index (χ4n) is 3.01. The molecule has 25 heavy (non-hydrogen) atoms. The first-order valence-electron chi connectivity index (χ1n) is 8.31. The van der Waals surface area contributed by atoms with Gasteiger partial charge in [-0.15, -0.1) is 0 Å². The van der Waals surface area contributed by atoms with Crippen LogP contribution < -0.4 is 15.0 Å². The number of carbonyl (C=O) groups excluding carboxylic acids is 1. The van der Waals surface area contributed by atoms with Gasteiger partial charge in [-0.2, -0.15) is 0 Å². The summed E-state index contributed by atoms with van der Waals surface area (Å²) in [5.74, 6) is 0.402. The number of amides is 1. The van der Waals surface area contributed by atoms with Crippen LogP contribution in [0.4, 0.5) is 10.3 Å². The molecule has 132 valence electrons. The van der Waals surface area contributed by atoms with E-state index >= 15 is 0 Å². The van der Waals surface area contributed by atoms with Crippen LogP contribution in [0.1, 0.15) is 23.2 Å². The van der Waals surface area contributed by atoms with Gasteiger partial charge in [-0.1, -0.05) is 0 Å². The molecule has 7 heteroatoms. The number of methoxy groups -OCH3 is 1. The maximum absolute atomic E-state index is 13.4. The van der Waals surface area contributed by atoms with Crippen LogP contribution in [-0.4, -0.2) is 42.6 Å². The molecule has 6 nitrogen and oxygen atoms in total. The number of nitrogens with one attached hydrogen (secondary N) is 1. The van der Waals surface area contributed by atoms with Crippen LogP contribution in [-0.2, 0) is 0 Å². The monoisotopic (exact) mass is 344 g/mol. The number of carbonyl (C=O) groups is 1. The number of anilines is 1. The predicted molar refractivity (Wildman–Crippen MR) is 92.3 cm³/mol. The van der Waals surface area contributed by atoms with Gasteiger partial charge in [0.15, 0.2) is 11.6 Å². The summed E-state index contributed by atoms with van der Waals surface area (Å²) in [6.45, 7) is 2.28. The van der Waals surface area contributed by atoms with Gasteiger partial charge < -0.3 is 15.0 Å². The van der Waals surface area contributed by atoms with Crippen molar-refractivity contribution in [1.29, 1.82) is 0 Å². The topological polar surface area (TPSA) is 67.3 Å². The predicted octanol–water partition coefficient (Wildman–Crippen LogP) is 2.27. The minimum absolute atomic E-state index is 0.0673. The Morgan fingerprint density at radius 3 is 2.96 bits per heavy atom. The molecule has 1 fully saturated rings. The van der Waals surface area contributed by atoms with Crippen LogP contribution in [0.5, 0.6) is 5.75 Å². The third-order valence-corrected chi connectivity index (χ3v) is 4.32. The Balaban J connectivity index is 1.57. The van der Waals surface area contributed by atoms with E-state index in [9.17, 15) is 9.18 Å². The fraction of sp³-hybridized carbons (Fsp3) is 0.389. The Morgan fingerprint density at radius 2 is 2.20 bits per heavy atom. The van der Waals surface area contributed by atoms with Crippen molar-refractivity contribution in [2.24, 2.45) is 5.92 Å². The first-order valence-corrected chi connectivity index (χ1v) is 8.31. The number of hydrogen-bond acceptors (Lipinski definition) is 5. The molecule has 0 radical (unpaired) electrons. The molecule has 0 aliphatic carbocycles. The normalized spacial score (nSPS) is 17.2. The van der Waals surface area contributed by atoms with E-state index in [1.807, 2.05) is 0 Å². The molecule has 1 amide bonds. The largest absolute Gasteiger partial charge is 0.494 e. The quantitative estimate of drug-likeness (QED) is 0.901. The second-order valence-corrected chi connectivity index (χ2v) is 6.06. The molecule has 2 heterocycles. The average Bonchev–Trinajstić information content (AvgIpc) is 2.67. The van der Waals surface area contributed by atoms with Crippen molar-refractivity contribution < 1.29 is 13.9 Å². The zero-order chi connectivity index (χ0) is 17.6. The van der Waals surface area contributed by atoms with E-state index in [4.69, 9.17) is 4.74 Å². The molecule has 2 aromatic rings. The second kappa shape index (κ2) is 7.92. The lowest BCUT2D eigenvalue weighted by Gasteiger charge is -2.32. The van der Waals surface area contributed by atoms with Crippen molar-refractivity contribution >= 4 is 11.9 Å². The molecule has 1 aromatic heterocycles. The molecule has 1 saturated heterocycles. The van der Waals surface area contributed by atoms with Crippen molar-refractivity contribution in [3.8, 4) is 5.75 Å². The van der Waals surface area contributed by atoms with Gasteiger partial charge in [0.2, 0.25) is 5.95 Å². The number of nitrogens with zero attached hydrogens (tertiary/aromatic N) is 3. The van der Waals surface area contributed by atoms with Crippen LogP contribution in [0.25, 0.3) is 0 Å². The molecule has 1 N–H and O–H groups in total. The van der Waals surface area contributed by atoms with Crippen molar-refractivity contribution in [2.75, 3.05) is 31.6 Å². The van der Waals surface area contributed by atoms with Gasteiger partial charge in [-0.05, 0) is 43.0 Å². The van der Waals surface area contributed by atoms with E-state index in [0.717, 1.165) is 31.9 Å². The molecular formula is C18H21FN4O2. The number of halogens is 1. The molecular weight excluding hydrogens is 323 g/mol. The summed E-state index contributed by atoms with van der Waals surface area (Å²) in [6, 6.07) is 5.90. The molecule has 1 unspecified atom stereocenters. The summed E-state index contributed by atoms with van der Waals surface area (Å²) in [5.41, 5.74) is 0.386. The van der Waals surface area contributed by atoms with Gasteiger partial charge in [0.1, 0.15) is 0 Å². The second-order valence-electron chi connectivity index (χ2n) is 6.06. The van der Waals surface area contributed by atoms with Crippen LogP contribution in [0.3, 0.4) is 0 Å². The fourth-order valence-corrected chi connectivity index (χ4v) is 3.01. The first-order chi connectivity index (χ1) is 12.2. The number of ether oxygens (including phenoxy) is 1. The van der Waals surface area contributed by atoms with Crippen molar-refractivity contribution in [3.05, 3.63) is 48.0 Å². The standard InChI is InChI=1S/C18H21FN4O2/c1-25-16-10-14(5-6-15(16)19)17(24)22-11-13-4-2-9-23(12-13)18-20-7-3-8-21-18/h3,5-8,10,13H,2,4,9,11-12H2,1H3,(H,22,24). The van der Waals surface area contributed by atoms with Crippen LogP contribution >= 0.6 is 0 Å². The van der Waals surface area contributed by atoms with Gasteiger partial charge in [0.05, 0.1) is 7.11 Å². The van der Waals surface area contributed by atoms with E-state index in [1.165, 1.54) is 25.3 Å². The molecule has 0 spiro atoms. The SMILES string of the molecule is COc1cc(C(=O)NCC2CCCN(c3ncccn3)C2)ccc1F. The Morgan fingerprint density at radius 1 is 1.40 bits per heavy atom. The Labute approximate surface area is 146 Å². The van der Waals surface area contributed by atoms with Gasteiger partial charge in [0.25, 0.3) is 5.91 Å². The summed E-state index contributed by atoms with van der Waals surface area (Å²) >= 11 is 0. The third-order valence-electron chi connectivity index (χ3n) is 4.32. The van der Waals surface area contributed by atoms with Crippen LogP contribution in [0.15, 0.2) is 36.7 Å². The van der Waals surface area contributed by atoms with E-state index in [0.29, 0.717) is 18.0 Å². The van der Waals surface area contributed by atoms with Gasteiger partial charge in [-0.3, -0.25) is 4.79 Å². The summed E-state index contributed by atoms with van der Waals surface area (Å²) in [6.07, 6.45) is 5.53. The van der Waals surface area contributed by atoms with E-state index in [2.05, 4.69) is 20.2 Å². The molecule has 0 bridgehead atoms. The molecule has 1 aliphatic heterocycles. The van der Waals surface area contributed by atoms with E-state index in [1.54, 1.807) is 18.5 Å². The Hall–Kier alpha value is -2.70. The van der Waals surface area contributed by atoms with Crippen molar-refractivity contribution in [1.82, 2.24) is 15.3 Å². The Kier molecular flexibility index (Phi) is 5.42. The zero-order valence-electron chi connectivity index (χ0n) is 14.1. The van der Waals surface area contributed by atoms with E-state index in [-0.39, 0.29) is 11.7 Å². The lowest BCUT2D eigenvalue weighted by molar-refractivity contribution is 0.0945. The van der Waals surface area contributed by atoms with Crippen LogP contribution in [0, 0.1) is 11.7 Å². The van der Waals surface area contributed by atoms with Crippen molar-refractivity contribution in [2.45, 2.75) is 12.8 Å². The Bertz CT molecular complexity index is 726. The molecule has 0 saturated carbocycles. The summed E-state index contributed by atoms with van der Waals surface area (Å²) in [4.78, 5) is 23.0. The highest BCUT2D eigenvalue weighted by Gasteiger charge is 2.22. The molecule has 1 aliphatic rings. The lowest BCUT2D eigenvalue weighted by atomic mass is 9.98. The first kappa shape index (κ1) is 17.1. The third kappa shape index (κ3) is 4.23. The highest BCUT2D eigenvalue weighted by atomic mass is 19.1. The summed E-state index contributed by atoms with van der Waals surface area (Å²) < 4.78 is 18.4. The smallest absolute Gasteiger partial charge is 0.251 e. The maximum atomic E-state index is 13.4. The summed E-state index contributed by atoms with van der Waals surface area (Å²) in [7, 11) is 1.38. The number of hydrogen-bond donors (Lipinski definition) is 1. The molecule has 1 atom stereocenters. The average molecular weight is 344 g/mol. The number of aromatic nitrogens is 2. The number of benzene rings is 1. The molecule has 1 aromatic carbocycles. The number of rotatable bonds is 5. The number of piperidine rings is 1. The lowest BCUT2D eigenvalue weighted by Crippen LogP contribution is -2.41. The highest BCUT2D eigenvalue weighted by Crippen LogP contribution is 2.20.